The lowest BCUT2D eigenvalue weighted by molar-refractivity contribution is 0.171. The van der Waals surface area contributed by atoms with Gasteiger partial charge in [0, 0.05) is 23.9 Å². The zero-order valence-corrected chi connectivity index (χ0v) is 12.6. The van der Waals surface area contributed by atoms with Crippen LogP contribution in [0, 0.1) is 5.82 Å². The Bertz CT molecular complexity index is 814. The van der Waals surface area contributed by atoms with Gasteiger partial charge in [0.25, 0.3) is 0 Å². The second-order valence-corrected chi connectivity index (χ2v) is 5.37. The van der Waals surface area contributed by atoms with Crippen molar-refractivity contribution in [3.63, 3.8) is 0 Å². The number of amides is 1. The van der Waals surface area contributed by atoms with E-state index in [1.54, 1.807) is 16.6 Å². The molecule has 0 atom stereocenters. The third-order valence-corrected chi connectivity index (χ3v) is 3.93. The summed E-state index contributed by atoms with van der Waals surface area (Å²) in [5, 5.41) is 8.96. The standard InChI is InChI=1S/C14H13FN4O2S/c1-21-14(20)16-6-5-11-8-22-13-17-12(18-19(11)13)9-3-2-4-10(15)7-9/h2-4,7-8H,5-6H2,1H3,(H,16,20). The number of rotatable bonds is 4. The number of nitrogens with one attached hydrogen (secondary N) is 1. The van der Waals surface area contributed by atoms with Crippen LogP contribution >= 0.6 is 11.3 Å². The monoisotopic (exact) mass is 320 g/mol. The molecule has 0 aliphatic rings. The van der Waals surface area contributed by atoms with Crippen LogP contribution in [0.1, 0.15) is 5.69 Å². The highest BCUT2D eigenvalue weighted by Crippen LogP contribution is 2.21. The number of carbonyl (C=O) groups is 1. The van der Waals surface area contributed by atoms with Crippen molar-refractivity contribution in [3.05, 3.63) is 41.2 Å². The quantitative estimate of drug-likeness (QED) is 0.802. The molecule has 1 amide bonds. The first-order chi connectivity index (χ1) is 10.7. The topological polar surface area (TPSA) is 68.5 Å². The third kappa shape index (κ3) is 2.91. The normalized spacial score (nSPS) is 10.8. The SMILES string of the molecule is COC(=O)NCCc1csc2nc(-c3cccc(F)c3)nn12. The van der Waals surface area contributed by atoms with Crippen molar-refractivity contribution in [1.29, 1.82) is 0 Å². The summed E-state index contributed by atoms with van der Waals surface area (Å²) >= 11 is 1.45. The van der Waals surface area contributed by atoms with Crippen molar-refractivity contribution in [2.45, 2.75) is 6.42 Å². The molecule has 2 aromatic heterocycles. The van der Waals surface area contributed by atoms with Gasteiger partial charge in [-0.15, -0.1) is 16.4 Å². The number of alkyl carbamates (subject to hydrolysis) is 1. The fourth-order valence-electron chi connectivity index (χ4n) is 2.01. The zero-order valence-electron chi connectivity index (χ0n) is 11.7. The van der Waals surface area contributed by atoms with E-state index in [2.05, 4.69) is 20.1 Å². The van der Waals surface area contributed by atoms with Gasteiger partial charge in [-0.05, 0) is 12.1 Å². The molecule has 6 nitrogen and oxygen atoms in total. The number of nitrogens with zero attached hydrogens (tertiary/aromatic N) is 3. The van der Waals surface area contributed by atoms with Gasteiger partial charge >= 0.3 is 6.09 Å². The van der Waals surface area contributed by atoms with E-state index < -0.39 is 6.09 Å². The number of methoxy groups -OCH3 is 1. The van der Waals surface area contributed by atoms with Crippen molar-refractivity contribution in [2.75, 3.05) is 13.7 Å². The molecule has 0 aliphatic carbocycles. The van der Waals surface area contributed by atoms with Crippen molar-refractivity contribution in [3.8, 4) is 11.4 Å². The number of hydrogen-bond donors (Lipinski definition) is 1. The summed E-state index contributed by atoms with van der Waals surface area (Å²) in [5.41, 5.74) is 1.56. The van der Waals surface area contributed by atoms with E-state index in [0.717, 1.165) is 10.7 Å². The Morgan fingerprint density at radius 3 is 3.14 bits per heavy atom. The molecule has 1 N–H and O–H groups in total. The minimum absolute atomic E-state index is 0.321. The van der Waals surface area contributed by atoms with Gasteiger partial charge in [0.2, 0.25) is 4.96 Å². The lowest BCUT2D eigenvalue weighted by Crippen LogP contribution is -2.25. The van der Waals surface area contributed by atoms with Gasteiger partial charge in [-0.1, -0.05) is 12.1 Å². The summed E-state index contributed by atoms with van der Waals surface area (Å²) in [7, 11) is 1.32. The Hall–Kier alpha value is -2.48. The molecular weight excluding hydrogens is 307 g/mol. The summed E-state index contributed by atoms with van der Waals surface area (Å²) in [5.74, 6) is 0.159. The molecule has 0 bridgehead atoms. The molecule has 0 fully saturated rings. The molecular formula is C14H13FN4O2S. The minimum atomic E-state index is -0.467. The van der Waals surface area contributed by atoms with Crippen molar-refractivity contribution in [2.24, 2.45) is 0 Å². The molecule has 0 aliphatic heterocycles. The van der Waals surface area contributed by atoms with Gasteiger partial charge in [-0.3, -0.25) is 0 Å². The Morgan fingerprint density at radius 1 is 1.50 bits per heavy atom. The fraction of sp³-hybridized carbons (Fsp3) is 0.214. The molecule has 22 heavy (non-hydrogen) atoms. The van der Waals surface area contributed by atoms with E-state index in [0.29, 0.717) is 24.4 Å². The van der Waals surface area contributed by atoms with Gasteiger partial charge in [-0.25, -0.2) is 13.7 Å². The van der Waals surface area contributed by atoms with E-state index in [1.165, 1.54) is 30.6 Å². The maximum atomic E-state index is 13.3. The van der Waals surface area contributed by atoms with Crippen LogP contribution in [0.2, 0.25) is 0 Å². The van der Waals surface area contributed by atoms with Crippen LogP contribution in [0.5, 0.6) is 0 Å². The number of carbonyl (C=O) groups excluding carboxylic acids is 1. The molecule has 0 saturated heterocycles. The smallest absolute Gasteiger partial charge is 0.406 e. The summed E-state index contributed by atoms with van der Waals surface area (Å²) in [6.07, 6.45) is 0.131. The van der Waals surface area contributed by atoms with Gasteiger partial charge in [0.1, 0.15) is 5.82 Å². The Labute approximate surface area is 129 Å². The predicted molar refractivity (Wildman–Crippen MR) is 80.4 cm³/mol. The molecule has 2 heterocycles. The number of halogens is 1. The van der Waals surface area contributed by atoms with Crippen molar-refractivity contribution in [1.82, 2.24) is 19.9 Å². The van der Waals surface area contributed by atoms with Crippen LogP contribution in [-0.2, 0) is 11.2 Å². The summed E-state index contributed by atoms with van der Waals surface area (Å²) in [6, 6.07) is 6.17. The van der Waals surface area contributed by atoms with Crippen LogP contribution in [-0.4, -0.2) is 34.3 Å². The van der Waals surface area contributed by atoms with E-state index in [4.69, 9.17) is 0 Å². The fourth-order valence-corrected chi connectivity index (χ4v) is 2.87. The summed E-state index contributed by atoms with van der Waals surface area (Å²) < 4.78 is 19.5. The first-order valence-corrected chi connectivity index (χ1v) is 7.46. The molecule has 1 aromatic carbocycles. The van der Waals surface area contributed by atoms with Crippen LogP contribution in [0.3, 0.4) is 0 Å². The Morgan fingerprint density at radius 2 is 2.36 bits per heavy atom. The van der Waals surface area contributed by atoms with Gasteiger partial charge in [0.05, 0.1) is 12.8 Å². The molecule has 3 rings (SSSR count). The van der Waals surface area contributed by atoms with Crippen molar-refractivity contribution < 1.29 is 13.9 Å². The van der Waals surface area contributed by atoms with Gasteiger partial charge in [0.15, 0.2) is 5.82 Å². The number of aromatic nitrogens is 3. The second kappa shape index (κ2) is 6.10. The van der Waals surface area contributed by atoms with E-state index in [1.807, 2.05) is 5.38 Å². The first-order valence-electron chi connectivity index (χ1n) is 6.58. The highest BCUT2D eigenvalue weighted by Gasteiger charge is 2.12. The lowest BCUT2D eigenvalue weighted by Gasteiger charge is -2.02. The average molecular weight is 320 g/mol. The molecule has 8 heteroatoms. The van der Waals surface area contributed by atoms with Gasteiger partial charge < -0.3 is 10.1 Å². The highest BCUT2D eigenvalue weighted by molar-refractivity contribution is 7.15. The predicted octanol–water partition coefficient (Wildman–Crippen LogP) is 2.50. The number of fused-ring (bicyclic) bond motifs is 1. The van der Waals surface area contributed by atoms with Crippen LogP contribution in [0.25, 0.3) is 16.3 Å². The maximum Gasteiger partial charge on any atom is 0.406 e. The maximum absolute atomic E-state index is 13.3. The van der Waals surface area contributed by atoms with E-state index in [9.17, 15) is 9.18 Å². The van der Waals surface area contributed by atoms with Crippen molar-refractivity contribution >= 4 is 22.4 Å². The minimum Gasteiger partial charge on any atom is -0.453 e. The number of ether oxygens (including phenoxy) is 1. The number of benzene rings is 1. The van der Waals surface area contributed by atoms with Crippen LogP contribution < -0.4 is 5.32 Å². The number of hydrogen-bond acceptors (Lipinski definition) is 5. The van der Waals surface area contributed by atoms with E-state index >= 15 is 0 Å². The summed E-state index contributed by atoms with van der Waals surface area (Å²) in [4.78, 5) is 16.1. The van der Waals surface area contributed by atoms with Gasteiger partial charge in [-0.2, -0.15) is 4.98 Å². The molecule has 0 unspecified atom stereocenters. The van der Waals surface area contributed by atoms with Crippen LogP contribution in [0.4, 0.5) is 9.18 Å². The molecule has 114 valence electrons. The first kappa shape index (κ1) is 14.5. The molecule has 0 radical (unpaired) electrons. The average Bonchev–Trinajstić information content (AvgIpc) is 3.08. The highest BCUT2D eigenvalue weighted by atomic mass is 32.1. The number of thiazole rings is 1. The second-order valence-electron chi connectivity index (χ2n) is 4.54. The molecule has 0 saturated carbocycles. The Kier molecular flexibility index (Phi) is 4.01. The lowest BCUT2D eigenvalue weighted by atomic mass is 10.2. The summed E-state index contributed by atoms with van der Waals surface area (Å²) in [6.45, 7) is 0.438. The largest absolute Gasteiger partial charge is 0.453 e. The Balaban J connectivity index is 1.81. The molecule has 0 spiro atoms. The molecule has 3 aromatic rings. The third-order valence-electron chi connectivity index (χ3n) is 3.07. The van der Waals surface area contributed by atoms with Crippen LogP contribution in [0.15, 0.2) is 29.6 Å². The zero-order chi connectivity index (χ0) is 15.5. The van der Waals surface area contributed by atoms with E-state index in [-0.39, 0.29) is 5.82 Å².